The van der Waals surface area contributed by atoms with Crippen LogP contribution in [0.4, 0.5) is 0 Å². The second-order valence-electron chi connectivity index (χ2n) is 6.11. The van der Waals surface area contributed by atoms with Gasteiger partial charge in [-0.05, 0) is 41.5 Å². The molecule has 1 N–H and O–H groups in total. The van der Waals surface area contributed by atoms with Gasteiger partial charge in [-0.15, -0.1) is 0 Å². The third-order valence-corrected chi connectivity index (χ3v) is 5.75. The highest BCUT2D eigenvalue weighted by atomic mass is 32.2. The zero-order chi connectivity index (χ0) is 18.1. The highest BCUT2D eigenvalue weighted by Crippen LogP contribution is 2.27. The van der Waals surface area contributed by atoms with Crippen LogP contribution in [0.2, 0.25) is 0 Å². The number of aromatic nitrogens is 3. The topological polar surface area (TPSA) is 86.1 Å². The molecule has 26 heavy (non-hydrogen) atoms. The summed E-state index contributed by atoms with van der Waals surface area (Å²) in [6.07, 6.45) is 5.83. The number of ether oxygens (including phenoxy) is 1. The number of hydrogen-bond donors (Lipinski definition) is 1. The number of nitrogens with zero attached hydrogens (tertiary/aromatic N) is 3. The second-order valence-corrected chi connectivity index (χ2v) is 7.88. The average molecular weight is 370 g/mol. The normalized spacial score (nSPS) is 13.4. The Morgan fingerprint density at radius 1 is 1.23 bits per heavy atom. The summed E-state index contributed by atoms with van der Waals surface area (Å²) in [5.41, 5.74) is 3.50. The van der Waals surface area contributed by atoms with Crippen LogP contribution >= 0.6 is 0 Å². The van der Waals surface area contributed by atoms with Crippen LogP contribution in [0.15, 0.2) is 53.8 Å². The molecule has 134 valence electrons. The van der Waals surface area contributed by atoms with Gasteiger partial charge in [-0.25, -0.2) is 13.1 Å². The lowest BCUT2D eigenvalue weighted by molar-refractivity contribution is 0.356. The first-order valence-corrected chi connectivity index (χ1v) is 9.69. The maximum Gasteiger partial charge on any atom is 0.240 e. The molecule has 0 saturated carbocycles. The fourth-order valence-corrected chi connectivity index (χ4v) is 4.04. The Morgan fingerprint density at radius 3 is 2.92 bits per heavy atom. The van der Waals surface area contributed by atoms with Crippen LogP contribution in [0.1, 0.15) is 11.1 Å². The van der Waals surface area contributed by atoms with Gasteiger partial charge in [0.25, 0.3) is 0 Å². The summed E-state index contributed by atoms with van der Waals surface area (Å²) < 4.78 is 35.0. The molecule has 3 heterocycles. The van der Waals surface area contributed by atoms with Gasteiger partial charge in [0.1, 0.15) is 5.75 Å². The Morgan fingerprint density at radius 2 is 2.12 bits per heavy atom. The number of hydrogen-bond acceptors (Lipinski definition) is 5. The van der Waals surface area contributed by atoms with Gasteiger partial charge in [-0.1, -0.05) is 0 Å². The Kier molecular flexibility index (Phi) is 4.21. The summed E-state index contributed by atoms with van der Waals surface area (Å²) >= 11 is 0. The summed E-state index contributed by atoms with van der Waals surface area (Å²) in [7, 11) is -1.76. The first-order chi connectivity index (χ1) is 12.5. The van der Waals surface area contributed by atoms with Crippen LogP contribution in [0.5, 0.6) is 5.75 Å². The number of rotatable bonds is 5. The van der Waals surface area contributed by atoms with Crippen molar-refractivity contribution in [1.82, 2.24) is 19.5 Å². The van der Waals surface area contributed by atoms with Crippen LogP contribution in [-0.4, -0.2) is 29.8 Å². The lowest BCUT2D eigenvalue weighted by Crippen LogP contribution is -2.23. The highest BCUT2D eigenvalue weighted by molar-refractivity contribution is 7.89. The molecule has 0 radical (unpaired) electrons. The average Bonchev–Trinajstić information content (AvgIpc) is 3.28. The Bertz CT molecular complexity index is 1060. The van der Waals surface area contributed by atoms with E-state index in [9.17, 15) is 8.42 Å². The lowest BCUT2D eigenvalue weighted by Gasteiger charge is -2.09. The van der Waals surface area contributed by atoms with E-state index in [0.717, 1.165) is 34.6 Å². The van der Waals surface area contributed by atoms with E-state index >= 15 is 0 Å². The molecule has 0 spiro atoms. The maximum absolute atomic E-state index is 12.6. The molecular weight excluding hydrogens is 352 g/mol. The van der Waals surface area contributed by atoms with E-state index in [1.54, 1.807) is 41.5 Å². The molecule has 0 saturated heterocycles. The number of aryl methyl sites for hydroxylation is 1. The number of nitrogens with one attached hydrogen (secondary N) is 1. The molecule has 2 aromatic heterocycles. The molecule has 1 aliphatic heterocycles. The summed E-state index contributed by atoms with van der Waals surface area (Å²) in [6, 6.07) is 8.74. The van der Waals surface area contributed by atoms with Gasteiger partial charge in [0.15, 0.2) is 0 Å². The summed E-state index contributed by atoms with van der Waals surface area (Å²) in [6.45, 7) is 0.757. The van der Waals surface area contributed by atoms with Gasteiger partial charge >= 0.3 is 0 Å². The number of pyridine rings is 1. The van der Waals surface area contributed by atoms with Crippen LogP contribution in [0.25, 0.3) is 11.3 Å². The van der Waals surface area contributed by atoms with Crippen molar-refractivity contribution in [3.63, 3.8) is 0 Å². The highest BCUT2D eigenvalue weighted by Gasteiger charge is 2.19. The van der Waals surface area contributed by atoms with Gasteiger partial charge in [0.2, 0.25) is 10.0 Å². The standard InChI is InChI=1S/C18H18N4O3S/c1-22-17(4-6-20-22)15-8-13(10-19-12-15)11-21-26(23,24)16-2-3-18-14(9-16)5-7-25-18/h2-4,6,8-10,12,21H,5,7,11H2,1H3. The molecule has 3 aromatic rings. The van der Waals surface area contributed by atoms with Crippen LogP contribution < -0.4 is 9.46 Å². The monoisotopic (exact) mass is 370 g/mol. The van der Waals surface area contributed by atoms with Crippen molar-refractivity contribution < 1.29 is 13.2 Å². The first kappa shape index (κ1) is 16.7. The second kappa shape index (κ2) is 6.54. The largest absolute Gasteiger partial charge is 0.493 e. The quantitative estimate of drug-likeness (QED) is 0.741. The van der Waals surface area contributed by atoms with Crippen LogP contribution in [0, 0.1) is 0 Å². The molecule has 0 unspecified atom stereocenters. The lowest BCUT2D eigenvalue weighted by atomic mass is 10.1. The van der Waals surface area contributed by atoms with Gasteiger partial charge < -0.3 is 4.74 Å². The van der Waals surface area contributed by atoms with Crippen molar-refractivity contribution in [1.29, 1.82) is 0 Å². The first-order valence-electron chi connectivity index (χ1n) is 8.21. The number of sulfonamides is 1. The zero-order valence-electron chi connectivity index (χ0n) is 14.2. The number of fused-ring (bicyclic) bond motifs is 1. The summed E-state index contributed by atoms with van der Waals surface area (Å²) in [5, 5.41) is 4.14. The van der Waals surface area contributed by atoms with E-state index in [0.29, 0.717) is 6.61 Å². The molecule has 0 aliphatic carbocycles. The predicted octanol–water partition coefficient (Wildman–Crippen LogP) is 1.90. The minimum atomic E-state index is -3.61. The van der Waals surface area contributed by atoms with Crippen LogP contribution in [-0.2, 0) is 30.0 Å². The zero-order valence-corrected chi connectivity index (χ0v) is 15.0. The fourth-order valence-electron chi connectivity index (χ4n) is 2.97. The van der Waals surface area contributed by atoms with Crippen molar-refractivity contribution in [2.24, 2.45) is 7.05 Å². The van der Waals surface area contributed by atoms with Crippen LogP contribution in [0.3, 0.4) is 0 Å². The maximum atomic E-state index is 12.6. The molecule has 8 heteroatoms. The predicted molar refractivity (Wildman–Crippen MR) is 96.1 cm³/mol. The van der Waals surface area contributed by atoms with E-state index in [2.05, 4.69) is 14.8 Å². The van der Waals surface area contributed by atoms with Gasteiger partial charge in [0.05, 0.1) is 17.2 Å². The van der Waals surface area contributed by atoms with Crippen molar-refractivity contribution >= 4 is 10.0 Å². The molecule has 1 aliphatic rings. The molecule has 7 nitrogen and oxygen atoms in total. The molecule has 0 bridgehead atoms. The Labute approximate surface area is 151 Å². The van der Waals surface area contributed by atoms with Crippen molar-refractivity contribution in [3.05, 3.63) is 60.0 Å². The minimum absolute atomic E-state index is 0.161. The van der Waals surface area contributed by atoms with Gasteiger partial charge in [-0.2, -0.15) is 5.10 Å². The van der Waals surface area contributed by atoms with Gasteiger partial charge in [-0.3, -0.25) is 9.67 Å². The van der Waals surface area contributed by atoms with Crippen molar-refractivity contribution in [3.8, 4) is 17.0 Å². The smallest absolute Gasteiger partial charge is 0.240 e. The molecular formula is C18H18N4O3S. The summed E-state index contributed by atoms with van der Waals surface area (Å²) in [5.74, 6) is 0.761. The fraction of sp³-hybridized carbons (Fsp3) is 0.222. The van der Waals surface area contributed by atoms with Crippen molar-refractivity contribution in [2.75, 3.05) is 6.61 Å². The Hall–Kier alpha value is -2.71. The molecule has 4 rings (SSSR count). The van der Waals surface area contributed by atoms with E-state index in [1.165, 1.54) is 0 Å². The van der Waals surface area contributed by atoms with E-state index in [1.807, 2.05) is 19.2 Å². The third-order valence-electron chi connectivity index (χ3n) is 4.35. The molecule has 0 amide bonds. The minimum Gasteiger partial charge on any atom is -0.493 e. The van der Waals surface area contributed by atoms with E-state index in [-0.39, 0.29) is 11.4 Å². The number of benzene rings is 1. The third kappa shape index (κ3) is 3.21. The molecule has 0 atom stereocenters. The molecule has 1 aromatic carbocycles. The summed E-state index contributed by atoms with van der Waals surface area (Å²) in [4.78, 5) is 4.46. The van der Waals surface area contributed by atoms with E-state index < -0.39 is 10.0 Å². The van der Waals surface area contributed by atoms with Gasteiger partial charge in [0, 0.05) is 44.2 Å². The van der Waals surface area contributed by atoms with Crippen molar-refractivity contribution in [2.45, 2.75) is 17.9 Å². The molecule has 0 fully saturated rings. The SMILES string of the molecule is Cn1nccc1-c1cncc(CNS(=O)(=O)c2ccc3c(c2)CCO3)c1. The van der Waals surface area contributed by atoms with E-state index in [4.69, 9.17) is 4.74 Å². The Balaban J connectivity index is 1.52.